The minimum atomic E-state index is 0.0955. The van der Waals surface area contributed by atoms with Gasteiger partial charge in [0.15, 0.2) is 0 Å². The smallest absolute Gasteiger partial charge is 0.138 e. The fraction of sp³-hybridized carbons (Fsp3) is 0.250. The van der Waals surface area contributed by atoms with Crippen molar-refractivity contribution in [2.24, 2.45) is 5.73 Å². The second-order valence-electron chi connectivity index (χ2n) is 4.97. The van der Waals surface area contributed by atoms with Crippen molar-refractivity contribution in [2.45, 2.75) is 26.0 Å². The first-order valence-electron chi connectivity index (χ1n) is 6.56. The molecular formula is C16H16Cl3NO. The van der Waals surface area contributed by atoms with E-state index in [0.717, 1.165) is 17.5 Å². The first kappa shape index (κ1) is 16.4. The summed E-state index contributed by atoms with van der Waals surface area (Å²) in [5, 5.41) is 1.80. The molecule has 0 aliphatic carbocycles. The van der Waals surface area contributed by atoms with Gasteiger partial charge in [0.2, 0.25) is 0 Å². The van der Waals surface area contributed by atoms with Gasteiger partial charge in [0.1, 0.15) is 12.4 Å². The van der Waals surface area contributed by atoms with E-state index < -0.39 is 0 Å². The summed E-state index contributed by atoms with van der Waals surface area (Å²) in [5.74, 6) is 0.612. The summed E-state index contributed by atoms with van der Waals surface area (Å²) in [7, 11) is 0. The number of hydrogen-bond acceptors (Lipinski definition) is 2. The average Bonchev–Trinajstić information content (AvgIpc) is 2.41. The van der Waals surface area contributed by atoms with E-state index in [1.165, 1.54) is 0 Å². The third-order valence-electron chi connectivity index (χ3n) is 2.94. The first-order chi connectivity index (χ1) is 9.95. The van der Waals surface area contributed by atoms with Crippen LogP contribution in [0.25, 0.3) is 0 Å². The van der Waals surface area contributed by atoms with Crippen molar-refractivity contribution in [2.75, 3.05) is 0 Å². The Morgan fingerprint density at radius 2 is 1.81 bits per heavy atom. The highest BCUT2D eigenvalue weighted by Gasteiger charge is 2.07. The molecule has 2 aromatic carbocycles. The molecule has 0 saturated carbocycles. The molecule has 1 atom stereocenters. The molecule has 0 heterocycles. The van der Waals surface area contributed by atoms with Crippen LogP contribution < -0.4 is 10.5 Å². The van der Waals surface area contributed by atoms with Crippen LogP contribution in [0.1, 0.15) is 18.1 Å². The lowest BCUT2D eigenvalue weighted by Crippen LogP contribution is -2.17. The maximum atomic E-state index is 6.23. The summed E-state index contributed by atoms with van der Waals surface area (Å²) in [6, 6.07) is 11.0. The van der Waals surface area contributed by atoms with Crippen LogP contribution in [0.15, 0.2) is 36.4 Å². The monoisotopic (exact) mass is 343 g/mol. The normalized spacial score (nSPS) is 12.2. The molecule has 1 unspecified atom stereocenters. The predicted octanol–water partition coefficient (Wildman–Crippen LogP) is 5.12. The molecule has 21 heavy (non-hydrogen) atoms. The van der Waals surface area contributed by atoms with Gasteiger partial charge in [-0.3, -0.25) is 0 Å². The minimum absolute atomic E-state index is 0.0955. The zero-order valence-corrected chi connectivity index (χ0v) is 13.8. The highest BCUT2D eigenvalue weighted by molar-refractivity contribution is 6.33. The summed E-state index contributed by atoms with van der Waals surface area (Å²) in [6.45, 7) is 2.27. The molecule has 5 heteroatoms. The van der Waals surface area contributed by atoms with Crippen LogP contribution in [0.2, 0.25) is 15.1 Å². The molecule has 0 spiro atoms. The second-order valence-corrected chi connectivity index (χ2v) is 6.22. The molecule has 2 nitrogen and oxygen atoms in total. The summed E-state index contributed by atoms with van der Waals surface area (Å²) < 4.78 is 5.71. The third kappa shape index (κ3) is 4.79. The van der Waals surface area contributed by atoms with Crippen LogP contribution in [-0.4, -0.2) is 6.04 Å². The molecule has 2 aromatic rings. The van der Waals surface area contributed by atoms with Crippen LogP contribution >= 0.6 is 34.8 Å². The van der Waals surface area contributed by atoms with Crippen molar-refractivity contribution in [3.05, 3.63) is 62.6 Å². The molecule has 2 rings (SSSR count). The van der Waals surface area contributed by atoms with Crippen molar-refractivity contribution < 1.29 is 4.74 Å². The maximum Gasteiger partial charge on any atom is 0.138 e. The summed E-state index contributed by atoms with van der Waals surface area (Å²) >= 11 is 18.3. The highest BCUT2D eigenvalue weighted by Crippen LogP contribution is 2.28. The van der Waals surface area contributed by atoms with E-state index in [2.05, 4.69) is 0 Å². The Balaban J connectivity index is 2.08. The average molecular weight is 345 g/mol. The van der Waals surface area contributed by atoms with Gasteiger partial charge in [-0.05, 0) is 49.2 Å². The Hall–Kier alpha value is -0.930. The lowest BCUT2D eigenvalue weighted by molar-refractivity contribution is 0.306. The first-order valence-corrected chi connectivity index (χ1v) is 7.70. The van der Waals surface area contributed by atoms with E-state index in [1.807, 2.05) is 25.1 Å². The van der Waals surface area contributed by atoms with E-state index in [9.17, 15) is 0 Å². The van der Waals surface area contributed by atoms with Crippen molar-refractivity contribution in [3.8, 4) is 5.75 Å². The number of nitrogens with two attached hydrogens (primary N) is 1. The number of halogens is 3. The molecule has 0 bridgehead atoms. The number of rotatable bonds is 5. The lowest BCUT2D eigenvalue weighted by atomic mass is 10.1. The quantitative estimate of drug-likeness (QED) is 0.817. The predicted molar refractivity (Wildman–Crippen MR) is 89.6 cm³/mol. The number of benzene rings is 2. The summed E-state index contributed by atoms with van der Waals surface area (Å²) in [6.07, 6.45) is 0.778. The van der Waals surface area contributed by atoms with Gasteiger partial charge in [0, 0.05) is 21.7 Å². The van der Waals surface area contributed by atoms with Crippen LogP contribution in [0.5, 0.6) is 5.75 Å². The van der Waals surface area contributed by atoms with Crippen LogP contribution in [-0.2, 0) is 13.0 Å². The Kier molecular flexibility index (Phi) is 5.77. The second kappa shape index (κ2) is 7.37. The summed E-state index contributed by atoms with van der Waals surface area (Å²) in [4.78, 5) is 0. The molecular weight excluding hydrogens is 329 g/mol. The Morgan fingerprint density at radius 1 is 1.05 bits per heavy atom. The van der Waals surface area contributed by atoms with Gasteiger partial charge in [0.05, 0.1) is 5.02 Å². The molecule has 0 saturated heterocycles. The van der Waals surface area contributed by atoms with E-state index in [1.54, 1.807) is 18.2 Å². The van der Waals surface area contributed by atoms with E-state index in [-0.39, 0.29) is 6.04 Å². The molecule has 0 aliphatic rings. The number of ether oxygens (including phenoxy) is 1. The van der Waals surface area contributed by atoms with E-state index in [4.69, 9.17) is 45.3 Å². The van der Waals surface area contributed by atoms with E-state index in [0.29, 0.717) is 27.4 Å². The molecule has 112 valence electrons. The van der Waals surface area contributed by atoms with Crippen molar-refractivity contribution >= 4 is 34.8 Å². The Morgan fingerprint density at radius 3 is 2.48 bits per heavy atom. The van der Waals surface area contributed by atoms with Crippen LogP contribution in [0.4, 0.5) is 0 Å². The minimum Gasteiger partial charge on any atom is -0.487 e. The van der Waals surface area contributed by atoms with E-state index >= 15 is 0 Å². The maximum absolute atomic E-state index is 6.23. The molecule has 2 N–H and O–H groups in total. The van der Waals surface area contributed by atoms with Gasteiger partial charge < -0.3 is 10.5 Å². The third-order valence-corrected chi connectivity index (χ3v) is 3.84. The largest absolute Gasteiger partial charge is 0.487 e. The fourth-order valence-electron chi connectivity index (χ4n) is 1.97. The van der Waals surface area contributed by atoms with Crippen molar-refractivity contribution in [1.29, 1.82) is 0 Å². The number of hydrogen-bond donors (Lipinski definition) is 1. The molecule has 0 aromatic heterocycles. The highest BCUT2D eigenvalue weighted by atomic mass is 35.5. The van der Waals surface area contributed by atoms with Crippen LogP contribution in [0, 0.1) is 0 Å². The zero-order valence-electron chi connectivity index (χ0n) is 11.6. The van der Waals surface area contributed by atoms with Gasteiger partial charge in [-0.1, -0.05) is 40.9 Å². The fourth-order valence-corrected chi connectivity index (χ4v) is 2.59. The van der Waals surface area contributed by atoms with Gasteiger partial charge in [0.25, 0.3) is 0 Å². The Bertz CT molecular complexity index is 629. The molecule has 0 fully saturated rings. The van der Waals surface area contributed by atoms with Crippen molar-refractivity contribution in [3.63, 3.8) is 0 Å². The van der Waals surface area contributed by atoms with Crippen molar-refractivity contribution in [1.82, 2.24) is 0 Å². The zero-order chi connectivity index (χ0) is 15.4. The molecule has 0 aliphatic heterocycles. The summed E-state index contributed by atoms with van der Waals surface area (Å²) in [5.41, 5.74) is 7.68. The Labute approximate surface area is 139 Å². The van der Waals surface area contributed by atoms with Gasteiger partial charge in [-0.25, -0.2) is 0 Å². The topological polar surface area (TPSA) is 35.2 Å². The van der Waals surface area contributed by atoms with Gasteiger partial charge in [-0.15, -0.1) is 0 Å². The molecule has 0 radical (unpaired) electrons. The SMILES string of the molecule is CC(N)Cc1ccc(OCc2cc(Cl)ccc2Cl)c(Cl)c1. The van der Waals surface area contributed by atoms with Crippen LogP contribution in [0.3, 0.4) is 0 Å². The molecule has 0 amide bonds. The van der Waals surface area contributed by atoms with Gasteiger partial charge >= 0.3 is 0 Å². The standard InChI is InChI=1S/C16H16Cl3NO/c1-10(20)6-11-2-5-16(15(19)7-11)21-9-12-8-13(17)3-4-14(12)18/h2-5,7-8,10H,6,9,20H2,1H3. The van der Waals surface area contributed by atoms with Gasteiger partial charge in [-0.2, -0.15) is 0 Å². The lowest BCUT2D eigenvalue weighted by Gasteiger charge is -2.11.